The smallest absolute Gasteiger partial charge is 0.275 e. The van der Waals surface area contributed by atoms with Gasteiger partial charge in [-0.1, -0.05) is 0 Å². The predicted octanol–water partition coefficient (Wildman–Crippen LogP) is 1.21. The number of hydrazine groups is 1. The third kappa shape index (κ3) is 4.08. The standard InChI is InChI=1S/C11H18N2O3S/c1-7(5-15-3)16-6-9-4-10(11(14)13-12)17-8(9)2/h4,7H,5-6,12H2,1-3H3,(H,13,14). The molecule has 1 aromatic heterocycles. The summed E-state index contributed by atoms with van der Waals surface area (Å²) in [5, 5.41) is 0. The Bertz CT molecular complexity index is 379. The van der Waals surface area contributed by atoms with Gasteiger partial charge < -0.3 is 9.47 Å². The van der Waals surface area contributed by atoms with Gasteiger partial charge in [-0.15, -0.1) is 11.3 Å². The number of hydrogen-bond donors (Lipinski definition) is 2. The zero-order valence-electron chi connectivity index (χ0n) is 10.3. The van der Waals surface area contributed by atoms with E-state index in [1.54, 1.807) is 7.11 Å². The van der Waals surface area contributed by atoms with Crippen LogP contribution in [0.4, 0.5) is 0 Å². The average molecular weight is 258 g/mol. The number of thiophene rings is 1. The van der Waals surface area contributed by atoms with E-state index in [-0.39, 0.29) is 12.0 Å². The van der Waals surface area contributed by atoms with Crippen LogP contribution in [0.25, 0.3) is 0 Å². The molecule has 1 rings (SSSR count). The second-order valence-corrected chi connectivity index (χ2v) is 5.00. The first-order valence-corrected chi connectivity index (χ1v) is 6.11. The fourth-order valence-corrected chi connectivity index (χ4v) is 2.29. The Balaban J connectivity index is 2.59. The summed E-state index contributed by atoms with van der Waals surface area (Å²) in [5.41, 5.74) is 3.13. The molecule has 0 fully saturated rings. The molecule has 1 aromatic rings. The minimum absolute atomic E-state index is 0.0334. The van der Waals surface area contributed by atoms with Gasteiger partial charge in [0.05, 0.1) is 24.2 Å². The Labute approximate surface area is 105 Å². The van der Waals surface area contributed by atoms with Crippen molar-refractivity contribution in [3.05, 3.63) is 21.4 Å². The Morgan fingerprint density at radius 3 is 2.94 bits per heavy atom. The number of nitrogen functional groups attached to an aromatic ring is 1. The van der Waals surface area contributed by atoms with E-state index in [0.717, 1.165) is 10.4 Å². The summed E-state index contributed by atoms with van der Waals surface area (Å²) in [6, 6.07) is 1.81. The van der Waals surface area contributed by atoms with Crippen molar-refractivity contribution in [1.29, 1.82) is 0 Å². The van der Waals surface area contributed by atoms with Gasteiger partial charge in [0.25, 0.3) is 5.91 Å². The molecule has 0 aliphatic rings. The number of methoxy groups -OCH3 is 1. The molecule has 6 heteroatoms. The van der Waals surface area contributed by atoms with E-state index in [1.165, 1.54) is 11.3 Å². The molecule has 0 bridgehead atoms. The lowest BCUT2D eigenvalue weighted by Gasteiger charge is -2.11. The topological polar surface area (TPSA) is 73.6 Å². The number of carbonyl (C=O) groups excluding carboxylic acids is 1. The van der Waals surface area contributed by atoms with E-state index in [9.17, 15) is 4.79 Å². The van der Waals surface area contributed by atoms with Crippen LogP contribution in [0.15, 0.2) is 6.07 Å². The van der Waals surface area contributed by atoms with Crippen molar-refractivity contribution in [3.63, 3.8) is 0 Å². The number of amides is 1. The molecule has 17 heavy (non-hydrogen) atoms. The minimum atomic E-state index is -0.269. The number of carbonyl (C=O) groups is 1. The fourth-order valence-electron chi connectivity index (χ4n) is 1.36. The maximum Gasteiger partial charge on any atom is 0.275 e. The molecule has 5 nitrogen and oxygen atoms in total. The summed E-state index contributed by atoms with van der Waals surface area (Å²) in [7, 11) is 1.64. The quantitative estimate of drug-likeness (QED) is 0.457. The molecule has 0 saturated carbocycles. The molecule has 1 heterocycles. The van der Waals surface area contributed by atoms with Crippen LogP contribution in [0, 0.1) is 6.92 Å². The van der Waals surface area contributed by atoms with E-state index >= 15 is 0 Å². The van der Waals surface area contributed by atoms with Gasteiger partial charge in [-0.3, -0.25) is 10.2 Å². The number of nitrogens with two attached hydrogens (primary N) is 1. The van der Waals surface area contributed by atoms with Crippen LogP contribution in [0.3, 0.4) is 0 Å². The van der Waals surface area contributed by atoms with Crippen LogP contribution in [0.1, 0.15) is 27.0 Å². The summed E-state index contributed by atoms with van der Waals surface area (Å²) in [6.07, 6.45) is 0.0334. The van der Waals surface area contributed by atoms with Gasteiger partial charge in [-0.25, -0.2) is 5.84 Å². The van der Waals surface area contributed by atoms with E-state index in [4.69, 9.17) is 15.3 Å². The molecule has 0 saturated heterocycles. The van der Waals surface area contributed by atoms with Crippen LogP contribution in [-0.4, -0.2) is 25.7 Å². The first-order valence-electron chi connectivity index (χ1n) is 5.29. The van der Waals surface area contributed by atoms with E-state index in [2.05, 4.69) is 5.43 Å². The summed E-state index contributed by atoms with van der Waals surface area (Å²) in [5.74, 6) is 4.82. The second-order valence-electron chi connectivity index (χ2n) is 3.74. The van der Waals surface area contributed by atoms with Crippen LogP contribution < -0.4 is 11.3 Å². The highest BCUT2D eigenvalue weighted by molar-refractivity contribution is 7.14. The molecule has 1 amide bonds. The van der Waals surface area contributed by atoms with E-state index in [1.807, 2.05) is 19.9 Å². The third-order valence-corrected chi connectivity index (χ3v) is 3.39. The zero-order chi connectivity index (χ0) is 12.8. The maximum absolute atomic E-state index is 11.3. The minimum Gasteiger partial charge on any atom is -0.382 e. The van der Waals surface area contributed by atoms with Crippen molar-refractivity contribution in [2.75, 3.05) is 13.7 Å². The van der Waals surface area contributed by atoms with Gasteiger partial charge in [-0.2, -0.15) is 0 Å². The van der Waals surface area contributed by atoms with Crippen LogP contribution in [0.2, 0.25) is 0 Å². The number of aryl methyl sites for hydroxylation is 1. The molecule has 1 unspecified atom stereocenters. The van der Waals surface area contributed by atoms with Crippen molar-refractivity contribution in [1.82, 2.24) is 5.43 Å². The molecule has 1 atom stereocenters. The largest absolute Gasteiger partial charge is 0.382 e. The number of hydrogen-bond acceptors (Lipinski definition) is 5. The van der Waals surface area contributed by atoms with Gasteiger partial charge in [0, 0.05) is 12.0 Å². The molecule has 3 N–H and O–H groups in total. The predicted molar refractivity (Wildman–Crippen MR) is 66.8 cm³/mol. The van der Waals surface area contributed by atoms with Crippen molar-refractivity contribution in [3.8, 4) is 0 Å². The highest BCUT2D eigenvalue weighted by Gasteiger charge is 2.12. The van der Waals surface area contributed by atoms with Crippen LogP contribution in [0.5, 0.6) is 0 Å². The second kappa shape index (κ2) is 6.70. The van der Waals surface area contributed by atoms with Crippen molar-refractivity contribution < 1.29 is 14.3 Å². The first-order chi connectivity index (χ1) is 8.08. The fraction of sp³-hybridized carbons (Fsp3) is 0.545. The number of nitrogens with one attached hydrogen (secondary N) is 1. The molecular weight excluding hydrogens is 240 g/mol. The Morgan fingerprint density at radius 2 is 2.35 bits per heavy atom. The molecule has 0 aliphatic carbocycles. The molecular formula is C11H18N2O3S. The van der Waals surface area contributed by atoms with E-state index in [0.29, 0.717) is 18.1 Å². The lowest BCUT2D eigenvalue weighted by molar-refractivity contribution is -0.000165. The van der Waals surface area contributed by atoms with Crippen LogP contribution >= 0.6 is 11.3 Å². The summed E-state index contributed by atoms with van der Waals surface area (Å²) in [6.45, 7) is 4.93. The summed E-state index contributed by atoms with van der Waals surface area (Å²) in [4.78, 5) is 13.0. The SMILES string of the molecule is COCC(C)OCc1cc(C(=O)NN)sc1C. The van der Waals surface area contributed by atoms with Gasteiger partial charge >= 0.3 is 0 Å². The molecule has 0 aliphatic heterocycles. The average Bonchev–Trinajstić information content (AvgIpc) is 2.67. The first kappa shape index (κ1) is 14.1. The third-order valence-electron chi connectivity index (χ3n) is 2.30. The Kier molecular flexibility index (Phi) is 5.57. The van der Waals surface area contributed by atoms with Gasteiger partial charge in [0.15, 0.2) is 0 Å². The monoisotopic (exact) mass is 258 g/mol. The molecule has 0 spiro atoms. The highest BCUT2D eigenvalue weighted by Crippen LogP contribution is 2.22. The Hall–Kier alpha value is -0.950. The number of ether oxygens (including phenoxy) is 2. The lowest BCUT2D eigenvalue weighted by Crippen LogP contribution is -2.29. The lowest BCUT2D eigenvalue weighted by atomic mass is 10.2. The van der Waals surface area contributed by atoms with E-state index < -0.39 is 0 Å². The maximum atomic E-state index is 11.3. The molecule has 0 radical (unpaired) electrons. The van der Waals surface area contributed by atoms with Crippen LogP contribution in [-0.2, 0) is 16.1 Å². The van der Waals surface area contributed by atoms with Gasteiger partial charge in [0.2, 0.25) is 0 Å². The van der Waals surface area contributed by atoms with Gasteiger partial charge in [-0.05, 0) is 25.5 Å². The molecule has 0 aromatic carbocycles. The summed E-state index contributed by atoms with van der Waals surface area (Å²) < 4.78 is 10.6. The van der Waals surface area contributed by atoms with Crippen molar-refractivity contribution in [2.24, 2.45) is 5.84 Å². The Morgan fingerprint density at radius 1 is 1.65 bits per heavy atom. The number of rotatable bonds is 6. The zero-order valence-corrected chi connectivity index (χ0v) is 11.1. The normalized spacial score (nSPS) is 12.5. The summed E-state index contributed by atoms with van der Waals surface area (Å²) >= 11 is 1.41. The van der Waals surface area contributed by atoms with Crippen molar-refractivity contribution in [2.45, 2.75) is 26.6 Å². The molecule has 96 valence electrons. The van der Waals surface area contributed by atoms with Crippen molar-refractivity contribution >= 4 is 17.2 Å². The highest BCUT2D eigenvalue weighted by atomic mass is 32.1. The van der Waals surface area contributed by atoms with Gasteiger partial charge in [0.1, 0.15) is 0 Å².